The Hall–Kier alpha value is -0.180. The van der Waals surface area contributed by atoms with Gasteiger partial charge < -0.3 is 4.74 Å². The largest absolute Gasteiger partial charge is 0.450 e. The zero-order valence-electron chi connectivity index (χ0n) is 9.76. The van der Waals surface area contributed by atoms with Crippen LogP contribution in [0.5, 0.6) is 0 Å². The van der Waals surface area contributed by atoms with Crippen molar-refractivity contribution in [3.63, 3.8) is 0 Å². The van der Waals surface area contributed by atoms with Crippen molar-refractivity contribution in [1.29, 1.82) is 0 Å². The maximum atomic E-state index is 11.2. The summed E-state index contributed by atoms with van der Waals surface area (Å²) in [5, 5.41) is 0. The Labute approximate surface area is 88.7 Å². The van der Waals surface area contributed by atoms with Crippen LogP contribution < -0.4 is 0 Å². The predicted octanol–water partition coefficient (Wildman–Crippen LogP) is 2.90. The molecule has 0 N–H and O–H groups in total. The van der Waals surface area contributed by atoms with E-state index < -0.39 is 10.0 Å². The highest BCUT2D eigenvalue weighted by Crippen LogP contribution is 2.57. The summed E-state index contributed by atoms with van der Waals surface area (Å²) in [6, 6.07) is 0. The molecule has 1 aliphatic rings. The molecule has 0 bridgehead atoms. The van der Waals surface area contributed by atoms with Crippen molar-refractivity contribution >= 4 is 16.0 Å². The molecule has 0 aliphatic heterocycles. The molecule has 1 saturated carbocycles. The molecule has 0 atom stereocenters. The SMILES string of the molecule is CC(=O)OC1(S(C)(C)C)CCCCC1. The highest BCUT2D eigenvalue weighted by molar-refractivity contribution is 8.33. The van der Waals surface area contributed by atoms with Crippen LogP contribution in [0.25, 0.3) is 0 Å². The summed E-state index contributed by atoms with van der Waals surface area (Å²) in [5.41, 5.74) is 0. The van der Waals surface area contributed by atoms with E-state index >= 15 is 0 Å². The fourth-order valence-corrected chi connectivity index (χ4v) is 4.07. The van der Waals surface area contributed by atoms with Gasteiger partial charge in [0.2, 0.25) is 0 Å². The zero-order chi connectivity index (χ0) is 10.8. The Bertz CT molecular complexity index is 212. The number of carbonyl (C=O) groups is 1. The number of esters is 1. The van der Waals surface area contributed by atoms with Gasteiger partial charge in [-0.05, 0) is 44.5 Å². The van der Waals surface area contributed by atoms with Crippen molar-refractivity contribution in [2.45, 2.75) is 44.0 Å². The van der Waals surface area contributed by atoms with Gasteiger partial charge in [-0.2, -0.15) is 0 Å². The fraction of sp³-hybridized carbons (Fsp3) is 0.909. The lowest BCUT2D eigenvalue weighted by molar-refractivity contribution is -0.150. The molecule has 0 aromatic rings. The molecular formula is C11H22O2S. The predicted molar refractivity (Wildman–Crippen MR) is 62.9 cm³/mol. The minimum Gasteiger partial charge on any atom is -0.450 e. The molecule has 2 nitrogen and oxygen atoms in total. The Morgan fingerprint density at radius 2 is 1.64 bits per heavy atom. The van der Waals surface area contributed by atoms with Gasteiger partial charge in [-0.3, -0.25) is 4.79 Å². The van der Waals surface area contributed by atoms with E-state index in [0.717, 1.165) is 12.8 Å². The third-order valence-electron chi connectivity index (χ3n) is 3.06. The van der Waals surface area contributed by atoms with E-state index in [9.17, 15) is 4.79 Å². The lowest BCUT2D eigenvalue weighted by atomic mass is 9.97. The summed E-state index contributed by atoms with van der Waals surface area (Å²) >= 11 is 0. The van der Waals surface area contributed by atoms with E-state index in [-0.39, 0.29) is 10.9 Å². The lowest BCUT2D eigenvalue weighted by Gasteiger charge is -2.49. The van der Waals surface area contributed by atoms with Gasteiger partial charge in [0.05, 0.1) is 0 Å². The molecule has 0 spiro atoms. The second-order valence-electron chi connectivity index (χ2n) is 4.90. The first-order valence-corrected chi connectivity index (χ1v) is 8.11. The van der Waals surface area contributed by atoms with E-state index in [2.05, 4.69) is 18.8 Å². The summed E-state index contributed by atoms with van der Waals surface area (Å²) in [5.74, 6) is -0.116. The minimum atomic E-state index is -0.826. The molecule has 1 rings (SSSR count). The molecule has 14 heavy (non-hydrogen) atoms. The minimum absolute atomic E-state index is 0.116. The first-order chi connectivity index (χ1) is 6.37. The van der Waals surface area contributed by atoms with E-state index in [4.69, 9.17) is 4.74 Å². The molecule has 0 aromatic heterocycles. The van der Waals surface area contributed by atoms with Crippen LogP contribution in [-0.4, -0.2) is 29.7 Å². The van der Waals surface area contributed by atoms with Crippen LogP contribution in [-0.2, 0) is 9.53 Å². The van der Waals surface area contributed by atoms with Crippen LogP contribution in [0.4, 0.5) is 0 Å². The normalized spacial score (nSPS) is 22.9. The van der Waals surface area contributed by atoms with Gasteiger partial charge in [0.1, 0.15) is 4.93 Å². The quantitative estimate of drug-likeness (QED) is 0.666. The Kier molecular flexibility index (Phi) is 3.51. The van der Waals surface area contributed by atoms with Gasteiger partial charge in [-0.15, -0.1) is 0 Å². The number of hydrogen-bond donors (Lipinski definition) is 0. The van der Waals surface area contributed by atoms with Crippen LogP contribution in [0.15, 0.2) is 0 Å². The second kappa shape index (κ2) is 4.13. The average Bonchev–Trinajstić information content (AvgIpc) is 2.02. The molecule has 84 valence electrons. The van der Waals surface area contributed by atoms with Crippen LogP contribution in [0, 0.1) is 0 Å². The summed E-state index contributed by atoms with van der Waals surface area (Å²) in [7, 11) is -0.826. The molecule has 3 heteroatoms. The Balaban J connectivity index is 2.83. The summed E-state index contributed by atoms with van der Waals surface area (Å²) < 4.78 is 5.64. The van der Waals surface area contributed by atoms with E-state index in [1.165, 1.54) is 26.2 Å². The fourth-order valence-electron chi connectivity index (χ4n) is 2.19. The molecule has 0 aromatic carbocycles. The van der Waals surface area contributed by atoms with Crippen molar-refractivity contribution in [1.82, 2.24) is 0 Å². The summed E-state index contributed by atoms with van der Waals surface area (Å²) in [6.07, 6.45) is 12.6. The molecule has 0 amide bonds. The van der Waals surface area contributed by atoms with E-state index in [0.29, 0.717) is 0 Å². The summed E-state index contributed by atoms with van der Waals surface area (Å²) in [4.78, 5) is 11.0. The van der Waals surface area contributed by atoms with Crippen LogP contribution in [0.3, 0.4) is 0 Å². The number of ether oxygens (including phenoxy) is 1. The van der Waals surface area contributed by atoms with E-state index in [1.807, 2.05) is 0 Å². The molecule has 1 aliphatic carbocycles. The van der Waals surface area contributed by atoms with Crippen molar-refractivity contribution in [3.05, 3.63) is 0 Å². The van der Waals surface area contributed by atoms with Crippen LogP contribution >= 0.6 is 10.0 Å². The van der Waals surface area contributed by atoms with Gasteiger partial charge in [0.15, 0.2) is 0 Å². The average molecular weight is 218 g/mol. The van der Waals surface area contributed by atoms with Gasteiger partial charge in [-0.1, -0.05) is 6.42 Å². The van der Waals surface area contributed by atoms with Gasteiger partial charge in [-0.25, -0.2) is 10.0 Å². The molecular weight excluding hydrogens is 196 g/mol. The van der Waals surface area contributed by atoms with Crippen molar-refractivity contribution in [3.8, 4) is 0 Å². The van der Waals surface area contributed by atoms with Crippen molar-refractivity contribution < 1.29 is 9.53 Å². The standard InChI is InChI=1S/C11H22O2S/c1-10(12)13-11(14(2,3)4)8-6-5-7-9-11/h5-9H2,1-4H3. The highest BCUT2D eigenvalue weighted by atomic mass is 32.3. The number of rotatable bonds is 2. The topological polar surface area (TPSA) is 26.3 Å². The van der Waals surface area contributed by atoms with E-state index in [1.54, 1.807) is 0 Å². The molecule has 0 heterocycles. The Morgan fingerprint density at radius 1 is 1.14 bits per heavy atom. The summed E-state index contributed by atoms with van der Waals surface area (Å²) in [6.45, 7) is 1.53. The number of hydrogen-bond acceptors (Lipinski definition) is 2. The molecule has 0 unspecified atom stereocenters. The first-order valence-electron chi connectivity index (χ1n) is 5.25. The third kappa shape index (κ3) is 2.44. The zero-order valence-corrected chi connectivity index (χ0v) is 10.6. The molecule has 0 saturated heterocycles. The van der Waals surface area contributed by atoms with Crippen molar-refractivity contribution in [2.24, 2.45) is 0 Å². The van der Waals surface area contributed by atoms with Gasteiger partial charge in [0, 0.05) is 6.92 Å². The monoisotopic (exact) mass is 218 g/mol. The van der Waals surface area contributed by atoms with Crippen LogP contribution in [0.1, 0.15) is 39.0 Å². The van der Waals surface area contributed by atoms with Crippen LogP contribution in [0.2, 0.25) is 0 Å². The first kappa shape index (κ1) is 11.9. The maximum Gasteiger partial charge on any atom is 0.303 e. The van der Waals surface area contributed by atoms with Gasteiger partial charge in [0.25, 0.3) is 0 Å². The lowest BCUT2D eigenvalue weighted by Crippen LogP contribution is -2.40. The van der Waals surface area contributed by atoms with Crippen molar-refractivity contribution in [2.75, 3.05) is 18.8 Å². The molecule has 1 fully saturated rings. The smallest absolute Gasteiger partial charge is 0.303 e. The third-order valence-corrected chi connectivity index (χ3v) is 5.78. The maximum absolute atomic E-state index is 11.2. The second-order valence-corrected chi connectivity index (χ2v) is 9.32. The highest BCUT2D eigenvalue weighted by Gasteiger charge is 2.42. The Morgan fingerprint density at radius 3 is 2.00 bits per heavy atom. The number of carbonyl (C=O) groups excluding carboxylic acids is 1. The molecule has 0 radical (unpaired) electrons. The van der Waals surface area contributed by atoms with Gasteiger partial charge >= 0.3 is 5.97 Å².